The molecule has 8 nitrogen and oxygen atoms in total. The van der Waals surface area contributed by atoms with Crippen molar-refractivity contribution in [3.8, 4) is 5.75 Å². The summed E-state index contributed by atoms with van der Waals surface area (Å²) in [5, 5.41) is 27.4. The molecular weight excluding hydrogens is 380 g/mol. The minimum Gasteiger partial charge on any atom is -0.506 e. The largest absolute Gasteiger partial charge is 0.506 e. The Morgan fingerprint density at radius 1 is 1.50 bits per heavy atom. The van der Waals surface area contributed by atoms with E-state index in [9.17, 15) is 20.0 Å². The Labute approximate surface area is 146 Å². The average molecular weight is 397 g/mol. The summed E-state index contributed by atoms with van der Waals surface area (Å²) in [6.45, 7) is 5.88. The number of amides is 1. The first-order valence-corrected chi connectivity index (χ1v) is 7.97. The summed E-state index contributed by atoms with van der Waals surface area (Å²) < 4.78 is 2.64. The molecule has 1 aromatic heterocycles. The van der Waals surface area contributed by atoms with Gasteiger partial charge in [-0.2, -0.15) is 5.10 Å². The van der Waals surface area contributed by atoms with Crippen LogP contribution in [0.15, 0.2) is 22.7 Å². The standard InChI is InChI=1S/C15H17BrN4O4/c1-8(7-19-10(3)14(16)9(2)18-19)15(22)17-12-5-4-11(20(23)24)6-13(12)21/h4-6,8,21H,7H2,1-3H3,(H,17,22). The number of benzene rings is 1. The van der Waals surface area contributed by atoms with Crippen LogP contribution in [0.4, 0.5) is 11.4 Å². The number of aromatic hydroxyl groups is 1. The fourth-order valence-corrected chi connectivity index (χ4v) is 2.47. The predicted molar refractivity (Wildman–Crippen MR) is 92.0 cm³/mol. The number of nitro groups is 1. The van der Waals surface area contributed by atoms with Crippen molar-refractivity contribution in [1.82, 2.24) is 9.78 Å². The van der Waals surface area contributed by atoms with Crippen LogP contribution in [-0.4, -0.2) is 25.7 Å². The van der Waals surface area contributed by atoms with Gasteiger partial charge in [-0.3, -0.25) is 19.6 Å². The summed E-state index contributed by atoms with van der Waals surface area (Å²) >= 11 is 3.44. The molecule has 1 amide bonds. The van der Waals surface area contributed by atoms with Gasteiger partial charge in [-0.25, -0.2) is 0 Å². The van der Waals surface area contributed by atoms with Crippen LogP contribution >= 0.6 is 15.9 Å². The molecule has 128 valence electrons. The van der Waals surface area contributed by atoms with E-state index in [1.54, 1.807) is 11.6 Å². The van der Waals surface area contributed by atoms with Gasteiger partial charge in [0.2, 0.25) is 5.91 Å². The number of halogens is 1. The Morgan fingerprint density at radius 2 is 2.17 bits per heavy atom. The van der Waals surface area contributed by atoms with E-state index < -0.39 is 10.8 Å². The predicted octanol–water partition coefficient (Wildman–Crippen LogP) is 3.15. The number of phenols is 1. The van der Waals surface area contributed by atoms with Crippen LogP contribution in [0.1, 0.15) is 18.3 Å². The van der Waals surface area contributed by atoms with Crippen LogP contribution < -0.4 is 5.32 Å². The number of phenolic OH excluding ortho intramolecular Hbond substituents is 1. The molecule has 9 heteroatoms. The van der Waals surface area contributed by atoms with E-state index in [1.165, 1.54) is 12.1 Å². The van der Waals surface area contributed by atoms with Crippen molar-refractivity contribution in [3.05, 3.63) is 44.2 Å². The van der Waals surface area contributed by atoms with E-state index in [4.69, 9.17) is 0 Å². The number of nitro benzene ring substituents is 1. The lowest BCUT2D eigenvalue weighted by atomic mass is 10.1. The molecule has 1 unspecified atom stereocenters. The maximum atomic E-state index is 12.3. The van der Waals surface area contributed by atoms with Crippen molar-refractivity contribution in [2.75, 3.05) is 5.32 Å². The second-order valence-electron chi connectivity index (χ2n) is 5.52. The summed E-state index contributed by atoms with van der Waals surface area (Å²) in [7, 11) is 0. The molecule has 0 aliphatic carbocycles. The van der Waals surface area contributed by atoms with E-state index in [1.807, 2.05) is 13.8 Å². The highest BCUT2D eigenvalue weighted by atomic mass is 79.9. The molecule has 0 aliphatic heterocycles. The number of anilines is 1. The fourth-order valence-electron chi connectivity index (χ4n) is 2.19. The van der Waals surface area contributed by atoms with Crippen molar-refractivity contribution in [3.63, 3.8) is 0 Å². The highest BCUT2D eigenvalue weighted by molar-refractivity contribution is 9.10. The van der Waals surface area contributed by atoms with Crippen molar-refractivity contribution in [1.29, 1.82) is 0 Å². The molecule has 0 saturated carbocycles. The Bertz CT molecular complexity index is 803. The van der Waals surface area contributed by atoms with Crippen LogP contribution in [0.3, 0.4) is 0 Å². The highest BCUT2D eigenvalue weighted by Crippen LogP contribution is 2.28. The topological polar surface area (TPSA) is 110 Å². The first-order chi connectivity index (χ1) is 11.2. The van der Waals surface area contributed by atoms with E-state index in [0.717, 1.165) is 21.9 Å². The Hall–Kier alpha value is -2.42. The number of aryl methyl sites for hydroxylation is 1. The van der Waals surface area contributed by atoms with Crippen molar-refractivity contribution in [2.45, 2.75) is 27.3 Å². The lowest BCUT2D eigenvalue weighted by Gasteiger charge is -2.14. The van der Waals surface area contributed by atoms with Gasteiger partial charge in [0.05, 0.1) is 39.3 Å². The molecule has 0 spiro atoms. The summed E-state index contributed by atoms with van der Waals surface area (Å²) in [6.07, 6.45) is 0. The van der Waals surface area contributed by atoms with Gasteiger partial charge >= 0.3 is 0 Å². The molecule has 1 aromatic carbocycles. The number of hydrogen-bond acceptors (Lipinski definition) is 5. The number of non-ortho nitro benzene ring substituents is 1. The molecule has 1 heterocycles. The Morgan fingerprint density at radius 3 is 2.67 bits per heavy atom. The molecule has 2 N–H and O–H groups in total. The van der Waals surface area contributed by atoms with Crippen molar-refractivity contribution < 1.29 is 14.8 Å². The number of nitrogens with one attached hydrogen (secondary N) is 1. The van der Waals surface area contributed by atoms with Gasteiger partial charge < -0.3 is 10.4 Å². The van der Waals surface area contributed by atoms with Gasteiger partial charge in [0.15, 0.2) is 0 Å². The number of nitrogens with zero attached hydrogens (tertiary/aromatic N) is 3. The maximum Gasteiger partial charge on any atom is 0.273 e. The second kappa shape index (κ2) is 7.00. The van der Waals surface area contributed by atoms with E-state index in [-0.39, 0.29) is 23.0 Å². The third-order valence-electron chi connectivity index (χ3n) is 3.64. The molecule has 1 atom stereocenters. The summed E-state index contributed by atoms with van der Waals surface area (Å²) in [5.41, 5.74) is 1.65. The smallest absolute Gasteiger partial charge is 0.273 e. The monoisotopic (exact) mass is 396 g/mol. The minimum absolute atomic E-state index is 0.131. The first kappa shape index (κ1) is 17.9. The van der Waals surface area contributed by atoms with Crippen LogP contribution in [-0.2, 0) is 11.3 Å². The van der Waals surface area contributed by atoms with E-state index in [2.05, 4.69) is 26.3 Å². The normalized spacial score (nSPS) is 12.0. The zero-order chi connectivity index (χ0) is 18.0. The molecule has 2 rings (SSSR count). The Kier molecular flexibility index (Phi) is 5.23. The molecule has 24 heavy (non-hydrogen) atoms. The van der Waals surface area contributed by atoms with Crippen molar-refractivity contribution in [2.24, 2.45) is 5.92 Å². The number of carbonyl (C=O) groups is 1. The van der Waals surface area contributed by atoms with Gasteiger partial charge in [-0.1, -0.05) is 6.92 Å². The van der Waals surface area contributed by atoms with Gasteiger partial charge in [0.1, 0.15) is 5.75 Å². The lowest BCUT2D eigenvalue weighted by molar-refractivity contribution is -0.384. The third-order valence-corrected chi connectivity index (χ3v) is 4.79. The summed E-state index contributed by atoms with van der Waals surface area (Å²) in [6, 6.07) is 3.52. The second-order valence-corrected chi connectivity index (χ2v) is 6.31. The van der Waals surface area contributed by atoms with Crippen LogP contribution in [0.2, 0.25) is 0 Å². The van der Waals surface area contributed by atoms with Crippen molar-refractivity contribution >= 4 is 33.2 Å². The molecule has 0 fully saturated rings. The first-order valence-electron chi connectivity index (χ1n) is 7.18. The average Bonchev–Trinajstić information content (AvgIpc) is 2.76. The number of hydrogen-bond donors (Lipinski definition) is 2. The molecule has 0 radical (unpaired) electrons. The van der Waals surface area contributed by atoms with Crippen LogP contribution in [0, 0.1) is 29.9 Å². The lowest BCUT2D eigenvalue weighted by Crippen LogP contribution is -2.25. The van der Waals surface area contributed by atoms with Crippen LogP contribution in [0.5, 0.6) is 5.75 Å². The zero-order valence-electron chi connectivity index (χ0n) is 13.4. The van der Waals surface area contributed by atoms with E-state index >= 15 is 0 Å². The zero-order valence-corrected chi connectivity index (χ0v) is 15.0. The number of rotatable bonds is 5. The molecule has 0 saturated heterocycles. The number of aromatic nitrogens is 2. The summed E-state index contributed by atoms with van der Waals surface area (Å²) in [4.78, 5) is 22.3. The molecular formula is C15H17BrN4O4. The molecule has 2 aromatic rings. The van der Waals surface area contributed by atoms with Gasteiger partial charge in [-0.05, 0) is 35.8 Å². The van der Waals surface area contributed by atoms with Crippen LogP contribution in [0.25, 0.3) is 0 Å². The molecule has 0 aliphatic rings. The van der Waals surface area contributed by atoms with Gasteiger partial charge in [0, 0.05) is 11.8 Å². The SMILES string of the molecule is Cc1nn(CC(C)C(=O)Nc2ccc([N+](=O)[O-])cc2O)c(C)c1Br. The van der Waals surface area contributed by atoms with E-state index in [0.29, 0.717) is 6.54 Å². The summed E-state index contributed by atoms with van der Waals surface area (Å²) in [5.74, 6) is -1.08. The van der Waals surface area contributed by atoms with Gasteiger partial charge in [0.25, 0.3) is 5.69 Å². The quantitative estimate of drug-likeness (QED) is 0.458. The third kappa shape index (κ3) is 3.73. The van der Waals surface area contributed by atoms with Gasteiger partial charge in [-0.15, -0.1) is 0 Å². The minimum atomic E-state index is -0.616. The Balaban J connectivity index is 2.09. The number of carbonyl (C=O) groups excluding carboxylic acids is 1. The highest BCUT2D eigenvalue weighted by Gasteiger charge is 2.19. The fraction of sp³-hybridized carbons (Fsp3) is 0.333. The molecule has 0 bridgehead atoms. The maximum absolute atomic E-state index is 12.3.